The van der Waals surface area contributed by atoms with E-state index in [1.54, 1.807) is 54.6 Å². The average Bonchev–Trinajstić information content (AvgIpc) is 3.18. The average molecular weight is 452 g/mol. The molecule has 0 aliphatic heterocycles. The lowest BCUT2D eigenvalue weighted by molar-refractivity contribution is -0.118. The first-order valence-corrected chi connectivity index (χ1v) is 12.2. The summed E-state index contributed by atoms with van der Waals surface area (Å²) in [5, 5.41) is 3.15. The van der Waals surface area contributed by atoms with Gasteiger partial charge in [-0.25, -0.2) is 17.4 Å². The van der Waals surface area contributed by atoms with Gasteiger partial charge in [0.1, 0.15) is 0 Å². The van der Waals surface area contributed by atoms with Gasteiger partial charge < -0.3 is 5.32 Å². The lowest BCUT2D eigenvalue weighted by Gasteiger charge is -2.10. The number of imidazole rings is 1. The van der Waals surface area contributed by atoms with Gasteiger partial charge >= 0.3 is 0 Å². The molecule has 1 amide bonds. The summed E-state index contributed by atoms with van der Waals surface area (Å²) in [5.41, 5.74) is 2.19. The van der Waals surface area contributed by atoms with Crippen LogP contribution in [0.15, 0.2) is 95.0 Å². The summed E-state index contributed by atoms with van der Waals surface area (Å²) in [6, 6.07) is 25.2. The zero-order chi connectivity index (χ0) is 21.7. The number of benzene rings is 3. The molecular formula is C23H21N3O3S2. The number of para-hydroxylation sites is 2. The number of hydrogen-bond acceptors (Lipinski definition) is 5. The number of rotatable bonds is 8. The van der Waals surface area contributed by atoms with Crippen molar-refractivity contribution >= 4 is 38.7 Å². The van der Waals surface area contributed by atoms with Gasteiger partial charge in [0.05, 0.1) is 21.7 Å². The van der Waals surface area contributed by atoms with Gasteiger partial charge in [0.15, 0.2) is 5.16 Å². The molecule has 4 aromatic rings. The van der Waals surface area contributed by atoms with Crippen molar-refractivity contribution in [2.24, 2.45) is 0 Å². The number of carbonyl (C=O) groups is 1. The molecule has 0 saturated heterocycles. The molecule has 1 N–H and O–H groups in total. The normalized spacial score (nSPS) is 11.5. The Labute approximate surface area is 185 Å². The first-order chi connectivity index (χ1) is 15.1. The van der Waals surface area contributed by atoms with E-state index in [0.717, 1.165) is 23.7 Å². The molecule has 0 radical (unpaired) electrons. The summed E-state index contributed by atoms with van der Waals surface area (Å²) in [7, 11) is -3.85. The van der Waals surface area contributed by atoms with Crippen molar-refractivity contribution in [2.75, 3.05) is 12.3 Å². The highest BCUT2D eigenvalue weighted by Crippen LogP contribution is 2.28. The van der Waals surface area contributed by atoms with Crippen LogP contribution in [0.25, 0.3) is 11.0 Å². The van der Waals surface area contributed by atoms with Crippen LogP contribution in [0.1, 0.15) is 5.56 Å². The van der Waals surface area contributed by atoms with Crippen LogP contribution in [-0.2, 0) is 21.2 Å². The fourth-order valence-corrected chi connectivity index (χ4v) is 5.74. The van der Waals surface area contributed by atoms with Crippen molar-refractivity contribution in [1.29, 1.82) is 0 Å². The highest BCUT2D eigenvalue weighted by molar-refractivity contribution is 8.00. The molecular weight excluding hydrogens is 430 g/mol. The topological polar surface area (TPSA) is 81.1 Å². The Balaban J connectivity index is 1.51. The van der Waals surface area contributed by atoms with Crippen molar-refractivity contribution in [1.82, 2.24) is 14.3 Å². The van der Waals surface area contributed by atoms with Crippen LogP contribution in [0.4, 0.5) is 0 Å². The van der Waals surface area contributed by atoms with Crippen LogP contribution in [0.5, 0.6) is 0 Å². The van der Waals surface area contributed by atoms with E-state index in [0.29, 0.717) is 17.6 Å². The van der Waals surface area contributed by atoms with Crippen LogP contribution in [0.2, 0.25) is 0 Å². The van der Waals surface area contributed by atoms with Crippen molar-refractivity contribution in [3.8, 4) is 0 Å². The molecule has 0 spiro atoms. The van der Waals surface area contributed by atoms with Crippen molar-refractivity contribution in [2.45, 2.75) is 16.5 Å². The second kappa shape index (κ2) is 9.36. The van der Waals surface area contributed by atoms with E-state index in [2.05, 4.69) is 10.3 Å². The van der Waals surface area contributed by atoms with E-state index in [9.17, 15) is 13.2 Å². The molecule has 1 aromatic heterocycles. The first kappa shape index (κ1) is 21.1. The Bertz CT molecular complexity index is 1290. The summed E-state index contributed by atoms with van der Waals surface area (Å²) in [6.07, 6.45) is 0.734. The number of aromatic nitrogens is 2. The Morgan fingerprint density at radius 2 is 1.55 bits per heavy atom. The minimum atomic E-state index is -3.85. The summed E-state index contributed by atoms with van der Waals surface area (Å²) >= 11 is 1.11. The van der Waals surface area contributed by atoms with Crippen LogP contribution < -0.4 is 5.32 Å². The van der Waals surface area contributed by atoms with Crippen LogP contribution in [0.3, 0.4) is 0 Å². The Morgan fingerprint density at radius 1 is 0.903 bits per heavy atom. The Morgan fingerprint density at radius 3 is 2.29 bits per heavy atom. The summed E-state index contributed by atoms with van der Waals surface area (Å²) in [4.78, 5) is 17.0. The van der Waals surface area contributed by atoms with Crippen LogP contribution in [-0.4, -0.2) is 35.6 Å². The fourth-order valence-electron chi connectivity index (χ4n) is 3.18. The molecule has 1 heterocycles. The Kier molecular flexibility index (Phi) is 6.39. The predicted molar refractivity (Wildman–Crippen MR) is 123 cm³/mol. The summed E-state index contributed by atoms with van der Waals surface area (Å²) < 4.78 is 27.8. The zero-order valence-corrected chi connectivity index (χ0v) is 18.3. The number of fused-ring (bicyclic) bond motifs is 1. The van der Waals surface area contributed by atoms with Crippen molar-refractivity contribution < 1.29 is 13.2 Å². The van der Waals surface area contributed by atoms with Gasteiger partial charge in [-0.15, -0.1) is 0 Å². The maximum absolute atomic E-state index is 13.3. The molecule has 0 aliphatic rings. The van der Waals surface area contributed by atoms with Crippen molar-refractivity contribution in [3.63, 3.8) is 0 Å². The molecule has 0 saturated carbocycles. The van der Waals surface area contributed by atoms with Crippen LogP contribution in [0, 0.1) is 0 Å². The standard InChI is InChI=1S/C23H21N3O3S2/c27-22(24-16-15-18-9-3-1-4-10-18)17-30-23-25-20-13-7-8-14-21(20)26(23)31(28,29)19-11-5-2-6-12-19/h1-14H,15-17H2,(H,24,27). The van der Waals surface area contributed by atoms with Gasteiger partial charge in [0, 0.05) is 6.54 Å². The number of carbonyl (C=O) groups excluding carboxylic acids is 1. The number of amides is 1. The van der Waals surface area contributed by atoms with Gasteiger partial charge in [-0.1, -0.05) is 72.4 Å². The summed E-state index contributed by atoms with van der Waals surface area (Å²) in [5.74, 6) is -0.0979. The highest BCUT2D eigenvalue weighted by atomic mass is 32.2. The molecule has 31 heavy (non-hydrogen) atoms. The smallest absolute Gasteiger partial charge is 0.270 e. The lowest BCUT2D eigenvalue weighted by Crippen LogP contribution is -2.27. The fraction of sp³-hybridized carbons (Fsp3) is 0.130. The van der Waals surface area contributed by atoms with Gasteiger partial charge in [0.25, 0.3) is 10.0 Å². The molecule has 6 nitrogen and oxygen atoms in total. The monoisotopic (exact) mass is 451 g/mol. The van der Waals surface area contributed by atoms with E-state index >= 15 is 0 Å². The van der Waals surface area contributed by atoms with Gasteiger partial charge in [-0.2, -0.15) is 0 Å². The van der Waals surface area contributed by atoms with Gasteiger partial charge in [-0.3, -0.25) is 4.79 Å². The molecule has 0 unspecified atom stereocenters. The first-order valence-electron chi connectivity index (χ1n) is 9.77. The zero-order valence-electron chi connectivity index (χ0n) is 16.6. The largest absolute Gasteiger partial charge is 0.355 e. The number of nitrogens with one attached hydrogen (secondary N) is 1. The quantitative estimate of drug-likeness (QED) is 0.413. The number of hydrogen-bond donors (Lipinski definition) is 1. The SMILES string of the molecule is O=C(CSc1nc2ccccc2n1S(=O)(=O)c1ccccc1)NCCc1ccccc1. The Hall–Kier alpha value is -3.10. The minimum absolute atomic E-state index is 0.0718. The van der Waals surface area contributed by atoms with Gasteiger partial charge in [-0.05, 0) is 36.2 Å². The maximum atomic E-state index is 13.3. The molecule has 0 aliphatic carbocycles. The third kappa shape index (κ3) is 4.81. The van der Waals surface area contributed by atoms with Crippen molar-refractivity contribution in [3.05, 3.63) is 90.5 Å². The predicted octanol–water partition coefficient (Wildman–Crippen LogP) is 3.72. The van der Waals surface area contributed by atoms with Gasteiger partial charge in [0.2, 0.25) is 5.91 Å². The second-order valence-electron chi connectivity index (χ2n) is 6.84. The van der Waals surface area contributed by atoms with E-state index < -0.39 is 10.0 Å². The van der Waals surface area contributed by atoms with E-state index in [4.69, 9.17) is 0 Å². The minimum Gasteiger partial charge on any atom is -0.355 e. The third-order valence-corrected chi connectivity index (χ3v) is 7.46. The summed E-state index contributed by atoms with van der Waals surface area (Å²) in [6.45, 7) is 0.516. The maximum Gasteiger partial charge on any atom is 0.270 e. The number of thioether (sulfide) groups is 1. The number of nitrogens with zero attached hydrogens (tertiary/aromatic N) is 2. The van der Waals surface area contributed by atoms with Crippen LogP contribution >= 0.6 is 11.8 Å². The molecule has 0 bridgehead atoms. The van der Waals surface area contributed by atoms with E-state index in [1.165, 1.54) is 3.97 Å². The molecule has 0 atom stereocenters. The molecule has 0 fully saturated rings. The van der Waals surface area contributed by atoms with E-state index in [1.807, 2.05) is 30.3 Å². The molecule has 4 rings (SSSR count). The second-order valence-corrected chi connectivity index (χ2v) is 9.57. The molecule has 8 heteroatoms. The lowest BCUT2D eigenvalue weighted by atomic mass is 10.1. The molecule has 3 aromatic carbocycles. The highest BCUT2D eigenvalue weighted by Gasteiger charge is 2.24. The van der Waals surface area contributed by atoms with E-state index in [-0.39, 0.29) is 21.7 Å². The third-order valence-electron chi connectivity index (χ3n) is 4.68. The molecule has 158 valence electrons.